The molecule has 0 spiro atoms. The van der Waals surface area contributed by atoms with Gasteiger partial charge in [0.25, 0.3) is 0 Å². The van der Waals surface area contributed by atoms with E-state index in [-0.39, 0.29) is 17.7 Å². The molecule has 0 saturated heterocycles. The fourth-order valence-electron chi connectivity index (χ4n) is 3.30. The molecule has 1 fully saturated rings. The third-order valence-electron chi connectivity index (χ3n) is 4.56. The third kappa shape index (κ3) is 3.66. The molecule has 2 aromatic heterocycles. The molecule has 7 nitrogen and oxygen atoms in total. The third-order valence-corrected chi connectivity index (χ3v) is 5.99. The smallest absolute Gasteiger partial charge is 0.413 e. The molecule has 9 heteroatoms. The van der Waals surface area contributed by atoms with Crippen LogP contribution in [0.1, 0.15) is 30.7 Å². The van der Waals surface area contributed by atoms with Crippen molar-refractivity contribution in [3.63, 3.8) is 0 Å². The zero-order chi connectivity index (χ0) is 18.7. The van der Waals surface area contributed by atoms with Crippen LogP contribution in [-0.4, -0.2) is 36.1 Å². The molecule has 0 aromatic carbocycles. The quantitative estimate of drug-likeness (QED) is 0.821. The lowest BCUT2D eigenvalue weighted by Crippen LogP contribution is -2.36. The molecule has 2 heterocycles. The van der Waals surface area contributed by atoms with Crippen molar-refractivity contribution in [1.82, 2.24) is 15.3 Å². The Morgan fingerprint density at radius 2 is 2.04 bits per heavy atom. The Morgan fingerprint density at radius 3 is 2.69 bits per heavy atom. The van der Waals surface area contributed by atoms with Crippen LogP contribution in [0, 0.1) is 5.92 Å². The number of nitrogens with one attached hydrogen (secondary N) is 2. The van der Waals surface area contributed by atoms with Gasteiger partial charge in [0.05, 0.1) is 35.1 Å². The van der Waals surface area contributed by atoms with Gasteiger partial charge < -0.3 is 10.1 Å². The Kier molecular flexibility index (Phi) is 5.73. The summed E-state index contributed by atoms with van der Waals surface area (Å²) in [6, 6.07) is 0. The molecule has 2 N–H and O–H groups in total. The predicted octanol–water partition coefficient (Wildman–Crippen LogP) is 3.67. The molecule has 3 rings (SSSR count). The number of halogens is 1. The van der Waals surface area contributed by atoms with Crippen molar-refractivity contribution >= 4 is 40.6 Å². The summed E-state index contributed by atoms with van der Waals surface area (Å²) in [6.45, 7) is 0. The van der Waals surface area contributed by atoms with Gasteiger partial charge in [0.2, 0.25) is 5.91 Å². The van der Waals surface area contributed by atoms with Gasteiger partial charge in [0.15, 0.2) is 5.82 Å². The van der Waals surface area contributed by atoms with Crippen LogP contribution >= 0.6 is 22.9 Å². The number of carbonyl (C=O) groups excluding carboxylic acids is 2. The molecular formula is C17H19ClN4O3S. The van der Waals surface area contributed by atoms with E-state index < -0.39 is 6.09 Å². The zero-order valence-electron chi connectivity index (χ0n) is 14.4. The average Bonchev–Trinajstić information content (AvgIpc) is 3.27. The first-order valence-electron chi connectivity index (χ1n) is 8.21. The van der Waals surface area contributed by atoms with E-state index in [2.05, 4.69) is 25.3 Å². The number of thiophene rings is 1. The number of methoxy groups -OCH3 is 1. The second-order valence-corrected chi connectivity index (χ2v) is 7.28. The molecule has 2 aromatic rings. The van der Waals surface area contributed by atoms with Crippen LogP contribution in [0.25, 0.3) is 10.7 Å². The van der Waals surface area contributed by atoms with Crippen molar-refractivity contribution in [1.29, 1.82) is 0 Å². The minimum Gasteiger partial charge on any atom is -0.453 e. The molecule has 0 bridgehead atoms. The number of rotatable bonds is 4. The Bertz CT molecular complexity index is 809. The molecule has 138 valence electrons. The van der Waals surface area contributed by atoms with E-state index in [0.29, 0.717) is 17.3 Å². The summed E-state index contributed by atoms with van der Waals surface area (Å²) >= 11 is 7.92. The maximum absolute atomic E-state index is 12.5. The number of ether oxygens (including phenoxy) is 1. The minimum absolute atomic E-state index is 0.0824. The highest BCUT2D eigenvalue weighted by atomic mass is 35.5. The van der Waals surface area contributed by atoms with Crippen molar-refractivity contribution in [3.05, 3.63) is 28.4 Å². The van der Waals surface area contributed by atoms with Crippen LogP contribution in [0.3, 0.4) is 0 Å². The lowest BCUT2D eigenvalue weighted by molar-refractivity contribution is -0.124. The van der Waals surface area contributed by atoms with E-state index in [9.17, 15) is 9.59 Å². The molecule has 0 aliphatic heterocycles. The van der Waals surface area contributed by atoms with Gasteiger partial charge in [-0.2, -0.15) is 0 Å². The first-order valence-corrected chi connectivity index (χ1v) is 9.46. The normalized spacial score (nSPS) is 19.2. The molecule has 26 heavy (non-hydrogen) atoms. The van der Waals surface area contributed by atoms with Crippen LogP contribution in [0.15, 0.2) is 17.8 Å². The Labute approximate surface area is 160 Å². The van der Waals surface area contributed by atoms with Crippen molar-refractivity contribution in [3.8, 4) is 10.7 Å². The average molecular weight is 395 g/mol. The molecular weight excluding hydrogens is 376 g/mol. The number of aromatic nitrogens is 2. The molecule has 0 radical (unpaired) electrons. The minimum atomic E-state index is -0.747. The molecule has 1 aliphatic rings. The maximum Gasteiger partial charge on any atom is 0.413 e. The SMILES string of the molecule is CNc1cnc(-c2scc(Cl)c2[C@@H]2CCC[C@H]2C(=O)NC(=O)OC)nc1. The highest BCUT2D eigenvalue weighted by molar-refractivity contribution is 7.14. The van der Waals surface area contributed by atoms with Crippen LogP contribution in [-0.2, 0) is 9.53 Å². The van der Waals surface area contributed by atoms with Crippen molar-refractivity contribution < 1.29 is 14.3 Å². The molecule has 2 amide bonds. The van der Waals surface area contributed by atoms with Crippen molar-refractivity contribution in [2.45, 2.75) is 25.2 Å². The number of amides is 2. The number of hydrogen-bond donors (Lipinski definition) is 2. The molecule has 1 saturated carbocycles. The summed E-state index contributed by atoms with van der Waals surface area (Å²) < 4.78 is 4.52. The number of hydrogen-bond acceptors (Lipinski definition) is 7. The predicted molar refractivity (Wildman–Crippen MR) is 101 cm³/mol. The highest BCUT2D eigenvalue weighted by Crippen LogP contribution is 2.48. The summed E-state index contributed by atoms with van der Waals surface area (Å²) in [4.78, 5) is 33.5. The molecule has 2 atom stereocenters. The van der Waals surface area contributed by atoms with E-state index in [1.807, 2.05) is 5.38 Å². The lowest BCUT2D eigenvalue weighted by atomic mass is 9.88. The van der Waals surface area contributed by atoms with Crippen LogP contribution < -0.4 is 10.6 Å². The van der Waals surface area contributed by atoms with E-state index in [1.165, 1.54) is 18.4 Å². The monoisotopic (exact) mass is 394 g/mol. The van der Waals surface area contributed by atoms with Gasteiger partial charge in [-0.3, -0.25) is 10.1 Å². The van der Waals surface area contributed by atoms with E-state index >= 15 is 0 Å². The second kappa shape index (κ2) is 8.01. The number of nitrogens with zero attached hydrogens (tertiary/aromatic N) is 2. The summed E-state index contributed by atoms with van der Waals surface area (Å²) in [5.41, 5.74) is 1.70. The fraction of sp³-hybridized carbons (Fsp3) is 0.412. The summed E-state index contributed by atoms with van der Waals surface area (Å²) in [5, 5.41) is 7.71. The number of carbonyl (C=O) groups is 2. The van der Waals surface area contributed by atoms with Gasteiger partial charge in [-0.25, -0.2) is 14.8 Å². The van der Waals surface area contributed by atoms with Crippen molar-refractivity contribution in [2.75, 3.05) is 19.5 Å². The summed E-state index contributed by atoms with van der Waals surface area (Å²) in [7, 11) is 3.03. The maximum atomic E-state index is 12.5. The second-order valence-electron chi connectivity index (χ2n) is 6.00. The standard InChI is InChI=1S/C17H19ClN4O3S/c1-19-9-6-20-15(21-7-9)14-13(12(18)8-26-14)10-4-3-5-11(10)16(23)22-17(24)25-2/h6-8,10-11,19H,3-5H2,1-2H3,(H,22,23,24)/t10-,11-/m1/s1. The van der Waals surface area contributed by atoms with Gasteiger partial charge >= 0.3 is 6.09 Å². The summed E-state index contributed by atoms with van der Waals surface area (Å²) in [5.74, 6) is -0.175. The van der Waals surface area contributed by atoms with Gasteiger partial charge in [-0.05, 0) is 24.3 Å². The van der Waals surface area contributed by atoms with Crippen LogP contribution in [0.4, 0.5) is 10.5 Å². The molecule has 0 unspecified atom stereocenters. The van der Waals surface area contributed by atoms with Gasteiger partial charge in [0.1, 0.15) is 0 Å². The van der Waals surface area contributed by atoms with Gasteiger partial charge in [0, 0.05) is 18.3 Å². The number of imide groups is 1. The zero-order valence-corrected chi connectivity index (χ0v) is 16.0. The van der Waals surface area contributed by atoms with Crippen molar-refractivity contribution in [2.24, 2.45) is 5.92 Å². The van der Waals surface area contributed by atoms with Crippen LogP contribution in [0.5, 0.6) is 0 Å². The van der Waals surface area contributed by atoms with E-state index in [0.717, 1.165) is 29.0 Å². The van der Waals surface area contributed by atoms with Gasteiger partial charge in [-0.1, -0.05) is 18.0 Å². The highest BCUT2D eigenvalue weighted by Gasteiger charge is 2.38. The number of anilines is 1. The Balaban J connectivity index is 1.91. The Morgan fingerprint density at radius 1 is 1.31 bits per heavy atom. The van der Waals surface area contributed by atoms with E-state index in [1.54, 1.807) is 19.4 Å². The number of alkyl carbamates (subject to hydrolysis) is 1. The topological polar surface area (TPSA) is 93.2 Å². The Hall–Kier alpha value is -2.19. The first kappa shape index (κ1) is 18.6. The lowest BCUT2D eigenvalue weighted by Gasteiger charge is -2.19. The molecule has 1 aliphatic carbocycles. The van der Waals surface area contributed by atoms with Crippen LogP contribution in [0.2, 0.25) is 5.02 Å². The largest absolute Gasteiger partial charge is 0.453 e. The first-order chi connectivity index (χ1) is 12.5. The fourth-order valence-corrected chi connectivity index (χ4v) is 4.67. The van der Waals surface area contributed by atoms with Gasteiger partial charge in [-0.15, -0.1) is 11.3 Å². The summed E-state index contributed by atoms with van der Waals surface area (Å²) in [6.07, 6.45) is 5.06. The van der Waals surface area contributed by atoms with E-state index in [4.69, 9.17) is 11.6 Å².